The lowest BCUT2D eigenvalue weighted by atomic mass is 10.0. The van der Waals surface area contributed by atoms with E-state index < -0.39 is 46.8 Å². The number of carbonyl (C=O) groups excluding carboxylic acids is 2. The summed E-state index contributed by atoms with van der Waals surface area (Å²) in [6.45, 7) is 7.95. The number of azo groups is 1. The molecule has 1 unspecified atom stereocenters. The minimum atomic E-state index is -4.93. The number of halogens is 1. The molecule has 0 radical (unpaired) electrons. The van der Waals surface area contributed by atoms with Crippen molar-refractivity contribution < 1.29 is 46.0 Å². The second-order valence-corrected chi connectivity index (χ2v) is 17.5. The van der Waals surface area contributed by atoms with Gasteiger partial charge in [-0.15, -0.1) is 0 Å². The Morgan fingerprint density at radius 1 is 0.857 bits per heavy atom. The zero-order chi connectivity index (χ0) is 41.6. The lowest BCUT2D eigenvalue weighted by molar-refractivity contribution is -0.128. The summed E-state index contributed by atoms with van der Waals surface area (Å²) in [7, 11) is -4.88. The van der Waals surface area contributed by atoms with Crippen molar-refractivity contribution in [3.63, 3.8) is 0 Å². The summed E-state index contributed by atoms with van der Waals surface area (Å²) >= 11 is 0. The molecule has 2 amide bonds. The second kappa shape index (κ2) is 20.8. The van der Waals surface area contributed by atoms with Crippen LogP contribution in [0.3, 0.4) is 0 Å². The Balaban J connectivity index is 1.31. The first-order valence-corrected chi connectivity index (χ1v) is 21.2. The Kier molecular flexibility index (Phi) is 17.1. The normalized spacial score (nSPS) is 13.0. The standard InChI is InChI=1S/C38H54FN6O9PS/c1-37(2,44-56(51,52)31-21-17-29(18-22-31)43-42-28-15-19-30(20-16-28)45(5)6)23-26-53-38(3,4)27-34(46)40-24-11-7-8-12-25-41-36(47)35(39)32-13-9-10-14-33(32)54-55(48,49)50/h9-10,13-22,35,44H,7-8,11-12,23-27H2,1-6H3,(H,40,46)(H,41,47)(H2,48,49,50). The summed E-state index contributed by atoms with van der Waals surface area (Å²) in [5.74, 6) is -1.55. The molecule has 0 aliphatic heterocycles. The molecule has 0 fully saturated rings. The second-order valence-electron chi connectivity index (χ2n) is 14.7. The Labute approximate surface area is 328 Å². The van der Waals surface area contributed by atoms with Crippen molar-refractivity contribution in [3.8, 4) is 5.75 Å². The van der Waals surface area contributed by atoms with Crippen molar-refractivity contribution in [1.82, 2.24) is 15.4 Å². The number of carbonyl (C=O) groups is 2. The number of unbranched alkanes of at least 4 members (excludes halogenated alkanes) is 3. The summed E-state index contributed by atoms with van der Waals surface area (Å²) in [5.41, 5.74) is 0.287. The van der Waals surface area contributed by atoms with E-state index in [1.165, 1.54) is 36.4 Å². The van der Waals surface area contributed by atoms with E-state index in [1.54, 1.807) is 39.8 Å². The zero-order valence-corrected chi connectivity index (χ0v) is 34.4. The topological polar surface area (TPSA) is 208 Å². The molecule has 0 spiro atoms. The van der Waals surface area contributed by atoms with Gasteiger partial charge in [0.15, 0.2) is 0 Å². The molecular weight excluding hydrogens is 766 g/mol. The van der Waals surface area contributed by atoms with Crippen LogP contribution in [-0.4, -0.2) is 75.0 Å². The third-order valence-electron chi connectivity index (χ3n) is 8.38. The first kappa shape index (κ1) is 46.1. The number of sulfonamides is 1. The van der Waals surface area contributed by atoms with E-state index in [1.807, 2.05) is 43.3 Å². The Bertz CT molecular complexity index is 1920. The largest absolute Gasteiger partial charge is 0.524 e. The molecule has 3 rings (SSSR count). The van der Waals surface area contributed by atoms with Crippen LogP contribution >= 0.6 is 7.82 Å². The van der Waals surface area contributed by atoms with E-state index in [4.69, 9.17) is 14.5 Å². The van der Waals surface area contributed by atoms with Gasteiger partial charge in [-0.1, -0.05) is 31.0 Å². The first-order valence-electron chi connectivity index (χ1n) is 18.2. The monoisotopic (exact) mass is 820 g/mol. The van der Waals surface area contributed by atoms with Gasteiger partial charge in [-0.2, -0.15) is 10.2 Å². The molecule has 1 atom stereocenters. The van der Waals surface area contributed by atoms with E-state index in [0.717, 1.165) is 12.1 Å². The molecular formula is C38H54FN6O9PS. The predicted molar refractivity (Wildman–Crippen MR) is 213 cm³/mol. The molecule has 0 saturated carbocycles. The van der Waals surface area contributed by atoms with Crippen molar-refractivity contribution in [1.29, 1.82) is 0 Å². The fraction of sp³-hybridized carbons (Fsp3) is 0.474. The number of phosphoric ester groups is 1. The van der Waals surface area contributed by atoms with Crippen LogP contribution in [0.4, 0.5) is 21.5 Å². The minimum Gasteiger partial charge on any atom is -0.404 e. The van der Waals surface area contributed by atoms with Crippen LogP contribution in [0.25, 0.3) is 0 Å². The van der Waals surface area contributed by atoms with Gasteiger partial charge in [-0.25, -0.2) is 22.1 Å². The molecule has 15 nitrogen and oxygen atoms in total. The first-order chi connectivity index (χ1) is 26.2. The van der Waals surface area contributed by atoms with Crippen molar-refractivity contribution >= 4 is 46.7 Å². The van der Waals surface area contributed by atoms with Gasteiger partial charge >= 0.3 is 7.82 Å². The number of hydrogen-bond acceptors (Lipinski definition) is 10. The summed E-state index contributed by atoms with van der Waals surface area (Å²) in [6, 6.07) is 18.9. The number of nitrogens with one attached hydrogen (secondary N) is 3. The number of para-hydroxylation sites is 1. The molecule has 18 heteroatoms. The molecule has 0 heterocycles. The van der Waals surface area contributed by atoms with E-state index >= 15 is 0 Å². The fourth-order valence-electron chi connectivity index (χ4n) is 5.36. The number of benzene rings is 3. The molecule has 0 bridgehead atoms. The van der Waals surface area contributed by atoms with Gasteiger partial charge in [0.1, 0.15) is 5.75 Å². The lowest BCUT2D eigenvalue weighted by Crippen LogP contribution is -2.44. The van der Waals surface area contributed by atoms with Gasteiger partial charge in [0.2, 0.25) is 22.1 Å². The van der Waals surface area contributed by atoms with Crippen molar-refractivity contribution in [3.05, 3.63) is 78.4 Å². The van der Waals surface area contributed by atoms with E-state index in [-0.39, 0.29) is 35.9 Å². The molecule has 0 saturated heterocycles. The van der Waals surface area contributed by atoms with E-state index in [2.05, 4.69) is 30.1 Å². The van der Waals surface area contributed by atoms with Crippen LogP contribution in [0.5, 0.6) is 5.75 Å². The number of ether oxygens (including phenoxy) is 1. The van der Waals surface area contributed by atoms with Crippen LogP contribution in [0.2, 0.25) is 0 Å². The van der Waals surface area contributed by atoms with Crippen LogP contribution in [-0.2, 0) is 28.9 Å². The number of amides is 2. The van der Waals surface area contributed by atoms with Crippen LogP contribution < -0.4 is 24.8 Å². The molecule has 0 aliphatic carbocycles. The molecule has 0 aromatic heterocycles. The predicted octanol–water partition coefficient (Wildman–Crippen LogP) is 6.78. The molecule has 3 aromatic carbocycles. The maximum absolute atomic E-state index is 14.7. The van der Waals surface area contributed by atoms with Crippen molar-refractivity contribution in [2.45, 2.75) is 88.4 Å². The van der Waals surface area contributed by atoms with Gasteiger partial charge in [0, 0.05) is 50.6 Å². The number of rotatable bonds is 23. The number of nitrogens with zero attached hydrogens (tertiary/aromatic N) is 3. The van der Waals surface area contributed by atoms with Crippen molar-refractivity contribution in [2.75, 3.05) is 38.7 Å². The quantitative estimate of drug-likeness (QED) is 0.0385. The number of alkyl halides is 1. The van der Waals surface area contributed by atoms with E-state index in [0.29, 0.717) is 43.6 Å². The molecule has 0 aliphatic rings. The van der Waals surface area contributed by atoms with Gasteiger partial charge in [0.25, 0.3) is 5.91 Å². The molecule has 5 N–H and O–H groups in total. The highest BCUT2D eigenvalue weighted by atomic mass is 32.2. The Morgan fingerprint density at radius 3 is 1.98 bits per heavy atom. The van der Waals surface area contributed by atoms with Gasteiger partial charge in [-0.3, -0.25) is 19.4 Å². The van der Waals surface area contributed by atoms with Crippen LogP contribution in [0, 0.1) is 0 Å². The third kappa shape index (κ3) is 16.5. The molecule has 308 valence electrons. The van der Waals surface area contributed by atoms with Gasteiger partial charge < -0.3 is 24.8 Å². The highest BCUT2D eigenvalue weighted by Gasteiger charge is 2.29. The van der Waals surface area contributed by atoms with Crippen LogP contribution in [0.1, 0.15) is 78.0 Å². The van der Waals surface area contributed by atoms with Crippen LogP contribution in [0.15, 0.2) is 87.9 Å². The lowest BCUT2D eigenvalue weighted by Gasteiger charge is -2.29. The zero-order valence-electron chi connectivity index (χ0n) is 32.7. The maximum atomic E-state index is 14.7. The number of anilines is 1. The van der Waals surface area contributed by atoms with Gasteiger partial charge in [-0.05, 0) is 102 Å². The molecule has 3 aromatic rings. The summed E-state index contributed by atoms with van der Waals surface area (Å²) in [4.78, 5) is 45.0. The highest BCUT2D eigenvalue weighted by Crippen LogP contribution is 2.41. The SMILES string of the molecule is CN(C)c1ccc(N=Nc2ccc(S(=O)(=O)NC(C)(C)CCOC(C)(C)CC(=O)NCCCCCCNC(=O)C(F)c3ccccc3OP(=O)(O)O)cc2)cc1. The summed E-state index contributed by atoms with van der Waals surface area (Å²) in [5, 5.41) is 13.8. The average molecular weight is 821 g/mol. The fourth-order valence-corrected chi connectivity index (χ4v) is 7.22. The Morgan fingerprint density at radius 2 is 1.41 bits per heavy atom. The summed E-state index contributed by atoms with van der Waals surface area (Å²) in [6.07, 6.45) is 0.992. The third-order valence-corrected chi connectivity index (χ3v) is 10.5. The van der Waals surface area contributed by atoms with Crippen molar-refractivity contribution in [2.24, 2.45) is 10.2 Å². The minimum absolute atomic E-state index is 0.0905. The average Bonchev–Trinajstić information content (AvgIpc) is 3.10. The highest BCUT2D eigenvalue weighted by molar-refractivity contribution is 7.89. The Hall–Kier alpha value is -4.25. The number of hydrogen-bond donors (Lipinski definition) is 5. The van der Waals surface area contributed by atoms with Gasteiger partial charge in [0.05, 0.1) is 28.3 Å². The smallest absolute Gasteiger partial charge is 0.404 e. The number of phosphoric acid groups is 1. The van der Waals surface area contributed by atoms with E-state index in [9.17, 15) is 27.0 Å². The maximum Gasteiger partial charge on any atom is 0.524 e. The summed E-state index contributed by atoms with van der Waals surface area (Å²) < 4.78 is 65.4. The molecule has 56 heavy (non-hydrogen) atoms.